The smallest absolute Gasteiger partial charge is 0.183 e. The normalized spacial score (nSPS) is 10.8. The van der Waals surface area contributed by atoms with E-state index in [0.29, 0.717) is 6.42 Å². The lowest BCUT2D eigenvalue weighted by Crippen LogP contribution is -1.95. The molecule has 1 N–H and O–H groups in total. The van der Waals surface area contributed by atoms with E-state index in [-0.39, 0.29) is 0 Å². The number of hydrogen-bond acceptors (Lipinski definition) is 4. The lowest BCUT2D eigenvalue weighted by Gasteiger charge is -2.05. The van der Waals surface area contributed by atoms with Gasteiger partial charge in [0.15, 0.2) is 11.0 Å². The molecule has 5 heteroatoms. The topological polar surface area (TPSA) is 50.8 Å². The number of aromatic nitrogens is 3. The van der Waals surface area contributed by atoms with E-state index in [1.54, 1.807) is 18.9 Å². The van der Waals surface area contributed by atoms with Crippen LogP contribution in [0.1, 0.15) is 44.0 Å². The van der Waals surface area contributed by atoms with Crippen molar-refractivity contribution in [3.63, 3.8) is 0 Å². The van der Waals surface area contributed by atoms with Gasteiger partial charge in [-0.25, -0.2) is 4.98 Å². The number of aromatic amines is 1. The maximum Gasteiger partial charge on any atom is 0.183 e. The predicted octanol–water partition coefficient (Wildman–Crippen LogP) is 4.08. The van der Waals surface area contributed by atoms with Crippen LogP contribution < -0.4 is 4.74 Å². The van der Waals surface area contributed by atoms with Gasteiger partial charge in [-0.2, -0.15) is 5.10 Å². The van der Waals surface area contributed by atoms with Crippen LogP contribution in [-0.2, 0) is 6.42 Å². The SMILES string of the molecule is CCCCCCSc1nc(Cc2ccccc2OC)n[nH]1. The summed E-state index contributed by atoms with van der Waals surface area (Å²) in [6.07, 6.45) is 5.82. The van der Waals surface area contributed by atoms with Crippen LogP contribution in [0.2, 0.25) is 0 Å². The van der Waals surface area contributed by atoms with E-state index in [1.807, 2.05) is 24.3 Å². The lowest BCUT2D eigenvalue weighted by atomic mass is 10.1. The molecule has 0 aliphatic rings. The van der Waals surface area contributed by atoms with Crippen molar-refractivity contribution in [2.24, 2.45) is 0 Å². The first-order valence-electron chi connectivity index (χ1n) is 7.49. The van der Waals surface area contributed by atoms with Crippen molar-refractivity contribution >= 4 is 11.8 Å². The van der Waals surface area contributed by atoms with E-state index in [4.69, 9.17) is 4.74 Å². The Morgan fingerprint density at radius 1 is 1.19 bits per heavy atom. The number of unbranched alkanes of at least 4 members (excludes halogenated alkanes) is 3. The number of H-pyrrole nitrogens is 1. The Balaban J connectivity index is 1.85. The minimum Gasteiger partial charge on any atom is -0.496 e. The highest BCUT2D eigenvalue weighted by Crippen LogP contribution is 2.21. The standard InChI is InChI=1S/C16H23N3OS/c1-3-4-5-8-11-21-16-17-15(18-19-16)12-13-9-6-7-10-14(13)20-2/h6-7,9-10H,3-5,8,11-12H2,1-2H3,(H,17,18,19). The molecule has 0 saturated heterocycles. The predicted molar refractivity (Wildman–Crippen MR) is 87.0 cm³/mol. The van der Waals surface area contributed by atoms with E-state index < -0.39 is 0 Å². The molecule has 0 radical (unpaired) electrons. The van der Waals surface area contributed by atoms with E-state index >= 15 is 0 Å². The fraction of sp³-hybridized carbons (Fsp3) is 0.500. The number of methoxy groups -OCH3 is 1. The Morgan fingerprint density at radius 2 is 2.05 bits per heavy atom. The number of nitrogens with zero attached hydrogens (tertiary/aromatic N) is 2. The van der Waals surface area contributed by atoms with Crippen molar-refractivity contribution in [2.75, 3.05) is 12.9 Å². The van der Waals surface area contributed by atoms with Crippen molar-refractivity contribution in [1.29, 1.82) is 0 Å². The molecule has 0 atom stereocenters. The largest absolute Gasteiger partial charge is 0.496 e. The van der Waals surface area contributed by atoms with Crippen LogP contribution in [0.4, 0.5) is 0 Å². The zero-order valence-corrected chi connectivity index (χ0v) is 13.6. The summed E-state index contributed by atoms with van der Waals surface area (Å²) in [7, 11) is 1.69. The van der Waals surface area contributed by atoms with Gasteiger partial charge in [0, 0.05) is 17.7 Å². The third kappa shape index (κ3) is 5.08. The van der Waals surface area contributed by atoms with Gasteiger partial charge in [0.05, 0.1) is 7.11 Å². The number of benzene rings is 1. The van der Waals surface area contributed by atoms with Gasteiger partial charge < -0.3 is 4.74 Å². The van der Waals surface area contributed by atoms with Crippen molar-refractivity contribution in [2.45, 2.75) is 44.2 Å². The minimum absolute atomic E-state index is 0.691. The van der Waals surface area contributed by atoms with Gasteiger partial charge in [0.2, 0.25) is 0 Å². The van der Waals surface area contributed by atoms with Gasteiger partial charge in [0.1, 0.15) is 5.75 Å². The van der Waals surface area contributed by atoms with Gasteiger partial charge in [-0.3, -0.25) is 5.10 Å². The molecular weight excluding hydrogens is 282 g/mol. The first-order valence-corrected chi connectivity index (χ1v) is 8.48. The highest BCUT2D eigenvalue weighted by Gasteiger charge is 2.08. The summed E-state index contributed by atoms with van der Waals surface area (Å²) < 4.78 is 5.36. The lowest BCUT2D eigenvalue weighted by molar-refractivity contribution is 0.410. The molecule has 0 aliphatic carbocycles. The zero-order chi connectivity index (χ0) is 14.9. The summed E-state index contributed by atoms with van der Waals surface area (Å²) in [4.78, 5) is 4.54. The second-order valence-electron chi connectivity index (χ2n) is 4.95. The molecule has 0 aliphatic heterocycles. The van der Waals surface area contributed by atoms with Crippen molar-refractivity contribution in [3.8, 4) is 5.75 Å². The second kappa shape index (κ2) is 8.72. The van der Waals surface area contributed by atoms with Crippen LogP contribution in [0.3, 0.4) is 0 Å². The van der Waals surface area contributed by atoms with Gasteiger partial charge in [-0.15, -0.1) is 0 Å². The maximum absolute atomic E-state index is 5.36. The molecule has 2 rings (SSSR count). The summed E-state index contributed by atoms with van der Waals surface area (Å²) in [5, 5.41) is 8.22. The first-order chi connectivity index (χ1) is 10.3. The van der Waals surface area contributed by atoms with Gasteiger partial charge in [-0.05, 0) is 12.5 Å². The summed E-state index contributed by atoms with van der Waals surface area (Å²) in [6.45, 7) is 2.23. The highest BCUT2D eigenvalue weighted by atomic mass is 32.2. The molecular formula is C16H23N3OS. The average Bonchev–Trinajstić information content (AvgIpc) is 2.95. The Morgan fingerprint density at radius 3 is 2.86 bits per heavy atom. The molecule has 0 bridgehead atoms. The Bertz CT molecular complexity index is 542. The third-order valence-corrected chi connectivity index (χ3v) is 4.24. The molecule has 1 aromatic heterocycles. The molecule has 0 spiro atoms. The minimum atomic E-state index is 0.691. The summed E-state index contributed by atoms with van der Waals surface area (Å²) in [6, 6.07) is 7.99. The fourth-order valence-corrected chi connectivity index (χ4v) is 2.96. The summed E-state index contributed by atoms with van der Waals surface area (Å²) in [5.41, 5.74) is 1.11. The molecule has 114 valence electrons. The fourth-order valence-electron chi connectivity index (χ4n) is 2.14. The van der Waals surface area contributed by atoms with E-state index in [9.17, 15) is 0 Å². The molecule has 0 amide bonds. The zero-order valence-electron chi connectivity index (χ0n) is 12.8. The molecule has 0 fully saturated rings. The first kappa shape index (κ1) is 15.9. The van der Waals surface area contributed by atoms with E-state index in [2.05, 4.69) is 22.1 Å². The maximum atomic E-state index is 5.36. The van der Waals surface area contributed by atoms with Crippen molar-refractivity contribution in [1.82, 2.24) is 15.2 Å². The molecule has 0 saturated carbocycles. The van der Waals surface area contributed by atoms with Crippen LogP contribution in [-0.4, -0.2) is 28.0 Å². The number of thioether (sulfide) groups is 1. The number of nitrogens with one attached hydrogen (secondary N) is 1. The van der Waals surface area contributed by atoms with Crippen LogP contribution in [0, 0.1) is 0 Å². The monoisotopic (exact) mass is 305 g/mol. The van der Waals surface area contributed by atoms with Gasteiger partial charge >= 0.3 is 0 Å². The number of hydrogen-bond donors (Lipinski definition) is 1. The summed E-state index contributed by atoms with van der Waals surface area (Å²) >= 11 is 1.75. The number of para-hydroxylation sites is 1. The molecule has 0 unspecified atom stereocenters. The van der Waals surface area contributed by atoms with Gasteiger partial charge in [0.25, 0.3) is 0 Å². The molecule has 2 aromatic rings. The number of ether oxygens (including phenoxy) is 1. The Kier molecular flexibility index (Phi) is 6.60. The van der Waals surface area contributed by atoms with Crippen LogP contribution >= 0.6 is 11.8 Å². The van der Waals surface area contributed by atoms with Crippen LogP contribution in [0.25, 0.3) is 0 Å². The van der Waals surface area contributed by atoms with Crippen molar-refractivity contribution in [3.05, 3.63) is 35.7 Å². The quantitative estimate of drug-likeness (QED) is 0.560. The van der Waals surface area contributed by atoms with E-state index in [1.165, 1.54) is 25.7 Å². The summed E-state index contributed by atoms with van der Waals surface area (Å²) in [5.74, 6) is 2.80. The number of rotatable bonds is 9. The van der Waals surface area contributed by atoms with Crippen LogP contribution in [0.5, 0.6) is 5.75 Å². The third-order valence-electron chi connectivity index (χ3n) is 3.29. The Hall–Kier alpha value is -1.49. The average molecular weight is 305 g/mol. The molecule has 1 heterocycles. The van der Waals surface area contributed by atoms with Crippen molar-refractivity contribution < 1.29 is 4.74 Å². The second-order valence-corrected chi connectivity index (χ2v) is 6.04. The molecule has 21 heavy (non-hydrogen) atoms. The van der Waals surface area contributed by atoms with E-state index in [0.717, 1.165) is 28.0 Å². The highest BCUT2D eigenvalue weighted by molar-refractivity contribution is 7.99. The Labute approximate surface area is 130 Å². The van der Waals surface area contributed by atoms with Crippen LogP contribution in [0.15, 0.2) is 29.4 Å². The molecule has 1 aromatic carbocycles. The van der Waals surface area contributed by atoms with Gasteiger partial charge in [-0.1, -0.05) is 56.1 Å². The molecule has 4 nitrogen and oxygen atoms in total.